The van der Waals surface area contributed by atoms with Gasteiger partial charge in [-0.1, -0.05) is 6.92 Å². The molecule has 0 aromatic carbocycles. The molecule has 0 aromatic heterocycles. The van der Waals surface area contributed by atoms with E-state index >= 15 is 0 Å². The van der Waals surface area contributed by atoms with Crippen LogP contribution in [0, 0.1) is 5.92 Å². The van der Waals surface area contributed by atoms with Gasteiger partial charge < -0.3 is 20.6 Å². The summed E-state index contributed by atoms with van der Waals surface area (Å²) >= 11 is 0. The molecule has 2 amide bonds. The van der Waals surface area contributed by atoms with E-state index < -0.39 is 11.9 Å². The fraction of sp³-hybridized carbons (Fsp3) is 0.800. The van der Waals surface area contributed by atoms with Gasteiger partial charge in [-0.15, -0.1) is 0 Å². The Morgan fingerprint density at radius 1 is 1.38 bits per heavy atom. The van der Waals surface area contributed by atoms with Crippen molar-refractivity contribution in [3.8, 4) is 0 Å². The van der Waals surface area contributed by atoms with Crippen molar-refractivity contribution in [2.45, 2.75) is 13.3 Å². The van der Waals surface area contributed by atoms with Crippen LogP contribution in [0.2, 0.25) is 0 Å². The summed E-state index contributed by atoms with van der Waals surface area (Å²) < 4.78 is 0. The fourth-order valence-corrected chi connectivity index (χ4v) is 1.04. The van der Waals surface area contributed by atoms with Gasteiger partial charge in [0.25, 0.3) is 0 Å². The number of hydrogen-bond acceptors (Lipinski definition) is 3. The quantitative estimate of drug-likeness (QED) is 0.574. The number of carboxylic acids is 1. The Hall–Kier alpha value is -1.30. The van der Waals surface area contributed by atoms with E-state index in [0.29, 0.717) is 19.5 Å². The number of urea groups is 1. The van der Waals surface area contributed by atoms with Gasteiger partial charge in [0, 0.05) is 26.7 Å². The monoisotopic (exact) mass is 231 g/mol. The molecule has 0 aromatic rings. The van der Waals surface area contributed by atoms with Gasteiger partial charge in [0.2, 0.25) is 0 Å². The van der Waals surface area contributed by atoms with Crippen molar-refractivity contribution < 1.29 is 14.7 Å². The number of amides is 2. The van der Waals surface area contributed by atoms with Crippen LogP contribution >= 0.6 is 0 Å². The minimum absolute atomic E-state index is 0.173. The number of likely N-dealkylation sites (N-methyl/N-ethyl adjacent to an activating group) is 2. The normalized spacial score (nSPS) is 11.9. The van der Waals surface area contributed by atoms with Gasteiger partial charge >= 0.3 is 12.0 Å². The zero-order valence-corrected chi connectivity index (χ0v) is 10.1. The summed E-state index contributed by atoms with van der Waals surface area (Å²) in [5, 5.41) is 14.3. The minimum Gasteiger partial charge on any atom is -0.481 e. The van der Waals surface area contributed by atoms with Gasteiger partial charge in [-0.2, -0.15) is 0 Å². The Labute approximate surface area is 96.0 Å². The molecule has 1 atom stereocenters. The van der Waals surface area contributed by atoms with Crippen LogP contribution in [0.3, 0.4) is 0 Å². The van der Waals surface area contributed by atoms with Crippen molar-refractivity contribution in [3.63, 3.8) is 0 Å². The van der Waals surface area contributed by atoms with E-state index in [1.165, 1.54) is 0 Å². The van der Waals surface area contributed by atoms with Crippen molar-refractivity contribution in [3.05, 3.63) is 0 Å². The summed E-state index contributed by atoms with van der Waals surface area (Å²) in [6.07, 6.45) is 0.445. The number of nitrogens with one attached hydrogen (secondary N) is 2. The third-order valence-electron chi connectivity index (χ3n) is 2.32. The molecule has 0 heterocycles. The Bertz CT molecular complexity index is 233. The molecule has 0 bridgehead atoms. The number of nitrogens with zero attached hydrogens (tertiary/aromatic N) is 1. The first-order chi connectivity index (χ1) is 7.49. The third-order valence-corrected chi connectivity index (χ3v) is 2.32. The van der Waals surface area contributed by atoms with Gasteiger partial charge in [0.15, 0.2) is 0 Å². The maximum atomic E-state index is 11.4. The number of hydrogen-bond donors (Lipinski definition) is 3. The third kappa shape index (κ3) is 6.23. The van der Waals surface area contributed by atoms with Crippen LogP contribution in [-0.2, 0) is 4.79 Å². The fourth-order valence-electron chi connectivity index (χ4n) is 1.04. The molecular weight excluding hydrogens is 210 g/mol. The maximum absolute atomic E-state index is 11.4. The molecule has 1 unspecified atom stereocenters. The average molecular weight is 231 g/mol. The number of carboxylic acid groups (broad SMARTS) is 1. The van der Waals surface area contributed by atoms with Gasteiger partial charge in [-0.05, 0) is 13.5 Å². The lowest BCUT2D eigenvalue weighted by molar-refractivity contribution is -0.141. The van der Waals surface area contributed by atoms with Gasteiger partial charge in [0.1, 0.15) is 0 Å². The number of rotatable bonds is 7. The van der Waals surface area contributed by atoms with Crippen LogP contribution in [0.25, 0.3) is 0 Å². The van der Waals surface area contributed by atoms with Gasteiger partial charge in [-0.25, -0.2) is 4.79 Å². The largest absolute Gasteiger partial charge is 0.481 e. The van der Waals surface area contributed by atoms with E-state index in [4.69, 9.17) is 5.11 Å². The van der Waals surface area contributed by atoms with E-state index in [-0.39, 0.29) is 6.03 Å². The van der Waals surface area contributed by atoms with E-state index in [0.717, 1.165) is 6.54 Å². The molecule has 0 spiro atoms. The van der Waals surface area contributed by atoms with Crippen LogP contribution in [0.1, 0.15) is 13.3 Å². The highest BCUT2D eigenvalue weighted by Crippen LogP contribution is 1.99. The van der Waals surface area contributed by atoms with Gasteiger partial charge in [0.05, 0.1) is 5.92 Å². The lowest BCUT2D eigenvalue weighted by Crippen LogP contribution is -2.41. The Morgan fingerprint density at radius 2 is 2.00 bits per heavy atom. The Balaban J connectivity index is 3.68. The van der Waals surface area contributed by atoms with Crippen LogP contribution < -0.4 is 10.6 Å². The second-order valence-corrected chi connectivity index (χ2v) is 3.78. The Morgan fingerprint density at radius 3 is 2.50 bits per heavy atom. The summed E-state index contributed by atoms with van der Waals surface area (Å²) in [6.45, 7) is 3.36. The van der Waals surface area contributed by atoms with Crippen LogP contribution in [0.4, 0.5) is 4.79 Å². The summed E-state index contributed by atoms with van der Waals surface area (Å²) in [4.78, 5) is 23.5. The van der Waals surface area contributed by atoms with E-state index in [9.17, 15) is 9.59 Å². The van der Waals surface area contributed by atoms with Crippen molar-refractivity contribution in [1.29, 1.82) is 0 Å². The average Bonchev–Trinajstić information content (AvgIpc) is 2.25. The first-order valence-corrected chi connectivity index (χ1v) is 5.35. The molecule has 94 valence electrons. The second kappa shape index (κ2) is 7.92. The number of carbonyl (C=O) groups is 2. The molecule has 0 aliphatic rings. The SMILES string of the molecule is CNCCN(C)C(=O)NCCC(C)C(=O)O. The first kappa shape index (κ1) is 14.7. The highest BCUT2D eigenvalue weighted by Gasteiger charge is 2.12. The topological polar surface area (TPSA) is 81.7 Å². The molecule has 16 heavy (non-hydrogen) atoms. The van der Waals surface area contributed by atoms with Crippen molar-refractivity contribution in [1.82, 2.24) is 15.5 Å². The molecule has 0 fully saturated rings. The zero-order valence-electron chi connectivity index (χ0n) is 10.1. The van der Waals surface area contributed by atoms with Crippen molar-refractivity contribution in [2.75, 3.05) is 33.7 Å². The molecule has 0 saturated heterocycles. The van der Waals surface area contributed by atoms with Crippen LogP contribution in [0.5, 0.6) is 0 Å². The van der Waals surface area contributed by atoms with E-state index in [1.54, 1.807) is 18.9 Å². The van der Waals surface area contributed by atoms with Crippen molar-refractivity contribution in [2.24, 2.45) is 5.92 Å². The second-order valence-electron chi connectivity index (χ2n) is 3.78. The Kier molecular flexibility index (Phi) is 7.28. The van der Waals surface area contributed by atoms with E-state index in [2.05, 4.69) is 10.6 Å². The molecule has 0 radical (unpaired) electrons. The molecular formula is C10H21N3O3. The standard InChI is InChI=1S/C10H21N3O3/c1-8(9(14)15)4-5-12-10(16)13(3)7-6-11-2/h8,11H,4-7H2,1-3H3,(H,12,16)(H,14,15). The predicted octanol–water partition coefficient (Wildman–Crippen LogP) is -0.0420. The molecule has 0 saturated carbocycles. The number of aliphatic carboxylic acids is 1. The molecule has 0 aliphatic carbocycles. The molecule has 6 nitrogen and oxygen atoms in total. The highest BCUT2D eigenvalue weighted by molar-refractivity contribution is 5.74. The highest BCUT2D eigenvalue weighted by atomic mass is 16.4. The summed E-state index contributed by atoms with van der Waals surface area (Å²) in [5.41, 5.74) is 0. The summed E-state index contributed by atoms with van der Waals surface area (Å²) in [5.74, 6) is -1.26. The lowest BCUT2D eigenvalue weighted by Gasteiger charge is -2.18. The lowest BCUT2D eigenvalue weighted by atomic mass is 10.1. The maximum Gasteiger partial charge on any atom is 0.317 e. The molecule has 6 heteroatoms. The smallest absolute Gasteiger partial charge is 0.317 e. The predicted molar refractivity (Wildman–Crippen MR) is 61.4 cm³/mol. The van der Waals surface area contributed by atoms with Crippen molar-refractivity contribution >= 4 is 12.0 Å². The molecule has 0 aliphatic heterocycles. The van der Waals surface area contributed by atoms with Crippen LogP contribution in [0.15, 0.2) is 0 Å². The summed E-state index contributed by atoms with van der Waals surface area (Å²) in [7, 11) is 3.52. The minimum atomic E-state index is -0.835. The van der Waals surface area contributed by atoms with Gasteiger partial charge in [-0.3, -0.25) is 4.79 Å². The summed E-state index contributed by atoms with van der Waals surface area (Å²) in [6, 6.07) is -0.173. The first-order valence-electron chi connectivity index (χ1n) is 5.35. The molecule has 0 rings (SSSR count). The number of carbonyl (C=O) groups excluding carboxylic acids is 1. The van der Waals surface area contributed by atoms with Crippen LogP contribution in [-0.4, -0.2) is 55.7 Å². The molecule has 3 N–H and O–H groups in total. The zero-order chi connectivity index (χ0) is 12.6. The van der Waals surface area contributed by atoms with E-state index in [1.807, 2.05) is 7.05 Å².